The topological polar surface area (TPSA) is 52.6 Å². The number of carbonyl (C=O) groups is 2. The van der Waals surface area contributed by atoms with Gasteiger partial charge in [0.25, 0.3) is 0 Å². The van der Waals surface area contributed by atoms with Gasteiger partial charge >= 0.3 is 0 Å². The van der Waals surface area contributed by atoms with Crippen molar-refractivity contribution in [2.75, 3.05) is 33.2 Å². The smallest absolute Gasteiger partial charge is 0.241 e. The van der Waals surface area contributed by atoms with E-state index in [4.69, 9.17) is 0 Å². The van der Waals surface area contributed by atoms with Crippen LogP contribution >= 0.6 is 0 Å². The fourth-order valence-electron chi connectivity index (χ4n) is 1.90. The Hall–Kier alpha value is -1.10. The molecule has 0 spiro atoms. The van der Waals surface area contributed by atoms with Crippen molar-refractivity contribution in [3.8, 4) is 0 Å². The van der Waals surface area contributed by atoms with Crippen molar-refractivity contribution in [1.29, 1.82) is 0 Å². The Morgan fingerprint density at radius 3 is 2.61 bits per heavy atom. The van der Waals surface area contributed by atoms with E-state index in [0.29, 0.717) is 19.5 Å². The lowest BCUT2D eigenvalue weighted by Gasteiger charge is -2.23. The lowest BCUT2D eigenvalue weighted by molar-refractivity contribution is -0.138. The van der Waals surface area contributed by atoms with Gasteiger partial charge in [-0.25, -0.2) is 0 Å². The van der Waals surface area contributed by atoms with E-state index >= 15 is 0 Å². The molecule has 0 unspecified atom stereocenters. The molecule has 0 aromatic heterocycles. The first-order valence-corrected chi connectivity index (χ1v) is 6.56. The molecule has 0 saturated carbocycles. The lowest BCUT2D eigenvalue weighted by Crippen LogP contribution is -2.41. The highest BCUT2D eigenvalue weighted by molar-refractivity contribution is 5.85. The Morgan fingerprint density at radius 1 is 1.33 bits per heavy atom. The van der Waals surface area contributed by atoms with Crippen LogP contribution in [0.1, 0.15) is 33.6 Å². The molecule has 5 heteroatoms. The van der Waals surface area contributed by atoms with Gasteiger partial charge in [-0.2, -0.15) is 0 Å². The number of hydrogen-bond donors (Lipinski definition) is 1. The quantitative estimate of drug-likeness (QED) is 0.797. The fourth-order valence-corrected chi connectivity index (χ4v) is 1.90. The summed E-state index contributed by atoms with van der Waals surface area (Å²) >= 11 is 0. The summed E-state index contributed by atoms with van der Waals surface area (Å²) in [6, 6.07) is 0. The zero-order valence-corrected chi connectivity index (χ0v) is 12.0. The van der Waals surface area contributed by atoms with Gasteiger partial charge in [-0.05, 0) is 27.2 Å². The Bertz CT molecular complexity index is 310. The molecule has 0 bridgehead atoms. The molecule has 5 nitrogen and oxygen atoms in total. The van der Waals surface area contributed by atoms with Crippen LogP contribution < -0.4 is 5.32 Å². The molecule has 1 fully saturated rings. The minimum Gasteiger partial charge on any atom is -0.344 e. The van der Waals surface area contributed by atoms with Crippen molar-refractivity contribution < 1.29 is 9.59 Å². The standard InChI is InChI=1S/C13H25N3O2/c1-13(2,3)14-7-6-11(17)16-9-5-8-15(4)12(18)10-16/h14H,5-10H2,1-4H3. The van der Waals surface area contributed by atoms with Gasteiger partial charge in [-0.15, -0.1) is 0 Å². The summed E-state index contributed by atoms with van der Waals surface area (Å²) in [5.74, 6) is 0.0973. The predicted octanol–water partition coefficient (Wildman–Crippen LogP) is 0.455. The molecule has 0 aliphatic carbocycles. The molecule has 0 aromatic rings. The molecular weight excluding hydrogens is 230 g/mol. The van der Waals surface area contributed by atoms with E-state index in [1.807, 2.05) is 0 Å². The van der Waals surface area contributed by atoms with E-state index in [1.165, 1.54) is 0 Å². The molecule has 104 valence electrons. The summed E-state index contributed by atoms with van der Waals surface area (Å²) in [5, 5.41) is 3.28. The van der Waals surface area contributed by atoms with E-state index in [2.05, 4.69) is 26.1 Å². The Balaban J connectivity index is 2.39. The SMILES string of the molecule is CN1CCCN(C(=O)CCNC(C)(C)C)CC1=O. The van der Waals surface area contributed by atoms with E-state index in [9.17, 15) is 9.59 Å². The van der Waals surface area contributed by atoms with Gasteiger partial charge in [-0.1, -0.05) is 0 Å². The number of carbonyl (C=O) groups excluding carboxylic acids is 2. The average Bonchev–Trinajstić information content (AvgIpc) is 2.40. The van der Waals surface area contributed by atoms with Gasteiger partial charge in [0.05, 0.1) is 6.54 Å². The number of amides is 2. The van der Waals surface area contributed by atoms with Crippen LogP contribution in [0.2, 0.25) is 0 Å². The average molecular weight is 255 g/mol. The molecule has 0 aromatic carbocycles. The van der Waals surface area contributed by atoms with Gasteiger partial charge in [-0.3, -0.25) is 9.59 Å². The number of rotatable bonds is 3. The summed E-state index contributed by atoms with van der Waals surface area (Å²) in [4.78, 5) is 27.1. The zero-order valence-electron chi connectivity index (χ0n) is 12.0. The Kier molecular flexibility index (Phi) is 5.14. The first kappa shape index (κ1) is 15.0. The minimum atomic E-state index is 0.0229. The normalized spacial score (nSPS) is 17.9. The van der Waals surface area contributed by atoms with Crippen molar-refractivity contribution in [3.05, 3.63) is 0 Å². The van der Waals surface area contributed by atoms with E-state index in [-0.39, 0.29) is 23.9 Å². The molecule has 1 N–H and O–H groups in total. The van der Waals surface area contributed by atoms with E-state index < -0.39 is 0 Å². The molecule has 2 amide bonds. The Labute approximate surface area is 110 Å². The minimum absolute atomic E-state index is 0.0229. The summed E-state index contributed by atoms with van der Waals surface area (Å²) in [5.41, 5.74) is 0.0229. The van der Waals surface area contributed by atoms with Gasteiger partial charge in [0.1, 0.15) is 0 Å². The van der Waals surface area contributed by atoms with Crippen LogP contribution in [0.25, 0.3) is 0 Å². The van der Waals surface area contributed by atoms with Crippen molar-refractivity contribution in [2.24, 2.45) is 0 Å². The molecule has 1 aliphatic heterocycles. The zero-order chi connectivity index (χ0) is 13.8. The first-order chi connectivity index (χ1) is 8.29. The van der Waals surface area contributed by atoms with Crippen molar-refractivity contribution in [2.45, 2.75) is 39.2 Å². The summed E-state index contributed by atoms with van der Waals surface area (Å²) in [6.07, 6.45) is 1.31. The van der Waals surface area contributed by atoms with Crippen molar-refractivity contribution in [3.63, 3.8) is 0 Å². The number of hydrogen-bond acceptors (Lipinski definition) is 3. The second kappa shape index (κ2) is 6.18. The van der Waals surface area contributed by atoms with Crippen molar-refractivity contribution >= 4 is 11.8 Å². The van der Waals surface area contributed by atoms with Crippen LogP contribution in [-0.4, -0.2) is 60.4 Å². The monoisotopic (exact) mass is 255 g/mol. The maximum absolute atomic E-state index is 12.0. The van der Waals surface area contributed by atoms with Crippen LogP contribution in [0.5, 0.6) is 0 Å². The maximum atomic E-state index is 12.0. The van der Waals surface area contributed by atoms with Crippen LogP contribution in [0.15, 0.2) is 0 Å². The summed E-state index contributed by atoms with van der Waals surface area (Å²) < 4.78 is 0. The second-order valence-corrected chi connectivity index (χ2v) is 5.91. The van der Waals surface area contributed by atoms with Gasteiger partial charge in [0.2, 0.25) is 11.8 Å². The van der Waals surface area contributed by atoms with Crippen LogP contribution in [0.3, 0.4) is 0 Å². The molecule has 0 atom stereocenters. The van der Waals surface area contributed by atoms with Crippen LogP contribution in [0.4, 0.5) is 0 Å². The maximum Gasteiger partial charge on any atom is 0.241 e. The lowest BCUT2D eigenvalue weighted by atomic mass is 10.1. The number of likely N-dealkylation sites (N-methyl/N-ethyl adjacent to an activating group) is 1. The van der Waals surface area contributed by atoms with E-state index in [0.717, 1.165) is 13.0 Å². The Morgan fingerprint density at radius 2 is 2.00 bits per heavy atom. The van der Waals surface area contributed by atoms with E-state index in [1.54, 1.807) is 16.8 Å². The molecule has 1 aliphatic rings. The van der Waals surface area contributed by atoms with Gasteiger partial charge in [0.15, 0.2) is 0 Å². The fraction of sp³-hybridized carbons (Fsp3) is 0.846. The molecule has 1 rings (SSSR count). The highest BCUT2D eigenvalue weighted by Gasteiger charge is 2.22. The van der Waals surface area contributed by atoms with Crippen LogP contribution in [-0.2, 0) is 9.59 Å². The summed E-state index contributed by atoms with van der Waals surface area (Å²) in [6.45, 7) is 8.52. The largest absolute Gasteiger partial charge is 0.344 e. The number of nitrogens with one attached hydrogen (secondary N) is 1. The molecular formula is C13H25N3O2. The van der Waals surface area contributed by atoms with Gasteiger partial charge < -0.3 is 15.1 Å². The second-order valence-electron chi connectivity index (χ2n) is 5.91. The third-order valence-electron chi connectivity index (χ3n) is 3.02. The summed E-state index contributed by atoms with van der Waals surface area (Å²) in [7, 11) is 1.79. The predicted molar refractivity (Wildman–Crippen MR) is 71.2 cm³/mol. The van der Waals surface area contributed by atoms with Crippen LogP contribution in [0, 0.1) is 0 Å². The molecule has 1 saturated heterocycles. The third-order valence-corrected chi connectivity index (χ3v) is 3.02. The van der Waals surface area contributed by atoms with Gasteiger partial charge in [0, 0.05) is 38.6 Å². The third kappa shape index (κ3) is 5.04. The molecule has 18 heavy (non-hydrogen) atoms. The highest BCUT2D eigenvalue weighted by atomic mass is 16.2. The molecule has 0 radical (unpaired) electrons. The molecule has 1 heterocycles. The van der Waals surface area contributed by atoms with Crippen molar-refractivity contribution in [1.82, 2.24) is 15.1 Å². The first-order valence-electron chi connectivity index (χ1n) is 6.56. The highest BCUT2D eigenvalue weighted by Crippen LogP contribution is 2.05. The number of nitrogens with zero attached hydrogens (tertiary/aromatic N) is 2.